The van der Waals surface area contributed by atoms with E-state index in [0.29, 0.717) is 12.0 Å². The van der Waals surface area contributed by atoms with Gasteiger partial charge in [0.2, 0.25) is 0 Å². The molecule has 1 N–H and O–H groups in total. The Balaban J connectivity index is 2.37. The van der Waals surface area contributed by atoms with Crippen molar-refractivity contribution in [3.8, 4) is 0 Å². The molecule has 2 rings (SSSR count). The van der Waals surface area contributed by atoms with Crippen LogP contribution in [0.25, 0.3) is 0 Å². The molecule has 0 radical (unpaired) electrons. The Hall–Kier alpha value is -1.32. The van der Waals surface area contributed by atoms with Crippen molar-refractivity contribution in [2.75, 3.05) is 23.3 Å². The van der Waals surface area contributed by atoms with Crippen LogP contribution in [0.4, 0.5) is 11.6 Å². The molecule has 4 heteroatoms. The lowest BCUT2D eigenvalue weighted by Gasteiger charge is -2.36. The van der Waals surface area contributed by atoms with Crippen molar-refractivity contribution >= 4 is 11.6 Å². The molecule has 1 aliphatic rings. The fraction of sp³-hybridized carbons (Fsp3) is 0.765. The molecule has 0 aliphatic heterocycles. The molecule has 0 saturated heterocycles. The zero-order valence-corrected chi connectivity index (χ0v) is 14.0. The summed E-state index contributed by atoms with van der Waals surface area (Å²) in [5.41, 5.74) is 1.27. The minimum Gasteiger partial charge on any atom is -0.370 e. The second-order valence-corrected chi connectivity index (χ2v) is 6.22. The summed E-state index contributed by atoms with van der Waals surface area (Å²) in [6.07, 6.45) is 8.40. The van der Waals surface area contributed by atoms with Gasteiger partial charge >= 0.3 is 0 Å². The van der Waals surface area contributed by atoms with Crippen LogP contribution in [-0.2, 0) is 0 Å². The molecule has 0 bridgehead atoms. The molecule has 1 fully saturated rings. The Labute approximate surface area is 129 Å². The molecule has 21 heavy (non-hydrogen) atoms. The van der Waals surface area contributed by atoms with Gasteiger partial charge in [0.25, 0.3) is 0 Å². The number of hydrogen-bond acceptors (Lipinski definition) is 4. The van der Waals surface area contributed by atoms with Gasteiger partial charge in [-0.25, -0.2) is 9.97 Å². The number of nitrogens with zero attached hydrogens (tertiary/aromatic N) is 3. The molecule has 0 spiro atoms. The summed E-state index contributed by atoms with van der Waals surface area (Å²) in [5.74, 6) is 2.57. The van der Waals surface area contributed by atoms with Crippen molar-refractivity contribution < 1.29 is 0 Å². The first-order valence-electron chi connectivity index (χ1n) is 8.54. The highest BCUT2D eigenvalue weighted by atomic mass is 15.2. The molecule has 0 unspecified atom stereocenters. The molecule has 1 heterocycles. The molecule has 1 aromatic heterocycles. The van der Waals surface area contributed by atoms with Gasteiger partial charge in [-0.1, -0.05) is 33.1 Å². The van der Waals surface area contributed by atoms with Gasteiger partial charge < -0.3 is 10.2 Å². The Morgan fingerprint density at radius 1 is 1.19 bits per heavy atom. The average molecular weight is 290 g/mol. The fourth-order valence-electron chi connectivity index (χ4n) is 3.43. The van der Waals surface area contributed by atoms with Crippen LogP contribution in [0.2, 0.25) is 0 Å². The second kappa shape index (κ2) is 7.62. The maximum atomic E-state index is 4.66. The lowest BCUT2D eigenvalue weighted by Crippen LogP contribution is -2.38. The molecule has 0 amide bonds. The Morgan fingerprint density at radius 3 is 2.48 bits per heavy atom. The van der Waals surface area contributed by atoms with Gasteiger partial charge in [0.05, 0.1) is 0 Å². The third-order valence-corrected chi connectivity index (χ3v) is 4.41. The summed E-state index contributed by atoms with van der Waals surface area (Å²) in [7, 11) is 0. The van der Waals surface area contributed by atoms with Gasteiger partial charge in [0, 0.05) is 24.7 Å². The lowest BCUT2D eigenvalue weighted by atomic mass is 9.93. The number of nitrogens with one attached hydrogen (secondary N) is 1. The molecular weight excluding hydrogens is 260 g/mol. The molecule has 4 nitrogen and oxygen atoms in total. The van der Waals surface area contributed by atoms with Crippen LogP contribution >= 0.6 is 0 Å². The molecular formula is C17H30N4. The molecule has 1 aromatic rings. The second-order valence-electron chi connectivity index (χ2n) is 6.22. The van der Waals surface area contributed by atoms with Gasteiger partial charge in [0.15, 0.2) is 0 Å². The predicted molar refractivity (Wildman–Crippen MR) is 90.2 cm³/mol. The van der Waals surface area contributed by atoms with E-state index in [9.17, 15) is 0 Å². The first-order chi connectivity index (χ1) is 10.2. The third kappa shape index (κ3) is 3.66. The first kappa shape index (κ1) is 16.1. The van der Waals surface area contributed by atoms with Crippen molar-refractivity contribution in [3.63, 3.8) is 0 Å². The maximum Gasteiger partial charge on any atom is 0.137 e. The van der Waals surface area contributed by atoms with Gasteiger partial charge in [-0.2, -0.15) is 0 Å². The summed E-state index contributed by atoms with van der Waals surface area (Å²) in [6.45, 7) is 10.7. The molecule has 1 aliphatic carbocycles. The Morgan fingerprint density at radius 2 is 1.90 bits per heavy atom. The van der Waals surface area contributed by atoms with Gasteiger partial charge in [-0.15, -0.1) is 0 Å². The average Bonchev–Trinajstić information content (AvgIpc) is 2.49. The largest absolute Gasteiger partial charge is 0.370 e. The van der Waals surface area contributed by atoms with Crippen molar-refractivity contribution in [2.45, 2.75) is 71.8 Å². The zero-order chi connectivity index (χ0) is 15.2. The van der Waals surface area contributed by atoms with Crippen LogP contribution < -0.4 is 10.2 Å². The fourth-order valence-corrected chi connectivity index (χ4v) is 3.43. The summed E-state index contributed by atoms with van der Waals surface area (Å²) in [5, 5.41) is 3.40. The monoisotopic (exact) mass is 290 g/mol. The van der Waals surface area contributed by atoms with E-state index in [1.807, 2.05) is 0 Å². The van der Waals surface area contributed by atoms with E-state index in [1.165, 1.54) is 37.7 Å². The molecule has 118 valence electrons. The summed E-state index contributed by atoms with van der Waals surface area (Å²) >= 11 is 0. The SMILES string of the molecule is CCNc1ncnc(N(CC)C2CCCCC2)c1C(C)C. The topological polar surface area (TPSA) is 41.1 Å². The van der Waals surface area contributed by atoms with Crippen LogP contribution in [0.1, 0.15) is 71.3 Å². The number of aromatic nitrogens is 2. The minimum absolute atomic E-state index is 0.424. The third-order valence-electron chi connectivity index (χ3n) is 4.41. The zero-order valence-electron chi connectivity index (χ0n) is 14.0. The summed E-state index contributed by atoms with van der Waals surface area (Å²) < 4.78 is 0. The standard InChI is InChI=1S/C17H30N4/c1-5-18-16-15(13(3)4)17(20-12-19-16)21(6-2)14-10-8-7-9-11-14/h12-14H,5-11H2,1-4H3,(H,18,19,20). The summed E-state index contributed by atoms with van der Waals surface area (Å²) in [4.78, 5) is 11.6. The normalized spacial score (nSPS) is 16.2. The van der Waals surface area contributed by atoms with Crippen molar-refractivity contribution in [3.05, 3.63) is 11.9 Å². The van der Waals surface area contributed by atoms with Crippen LogP contribution in [-0.4, -0.2) is 29.1 Å². The van der Waals surface area contributed by atoms with E-state index in [2.05, 4.69) is 47.9 Å². The Kier molecular flexibility index (Phi) is 5.83. The van der Waals surface area contributed by atoms with Crippen molar-refractivity contribution in [1.29, 1.82) is 0 Å². The maximum absolute atomic E-state index is 4.66. The van der Waals surface area contributed by atoms with Gasteiger partial charge in [-0.3, -0.25) is 0 Å². The highest BCUT2D eigenvalue weighted by Gasteiger charge is 2.25. The van der Waals surface area contributed by atoms with Gasteiger partial charge in [-0.05, 0) is 32.6 Å². The van der Waals surface area contributed by atoms with Crippen molar-refractivity contribution in [2.24, 2.45) is 0 Å². The van der Waals surface area contributed by atoms with E-state index in [1.54, 1.807) is 6.33 Å². The van der Waals surface area contributed by atoms with Crippen molar-refractivity contribution in [1.82, 2.24) is 9.97 Å². The van der Waals surface area contributed by atoms with Crippen LogP contribution in [0.5, 0.6) is 0 Å². The molecule has 0 atom stereocenters. The first-order valence-corrected chi connectivity index (χ1v) is 8.54. The highest BCUT2D eigenvalue weighted by molar-refractivity contribution is 5.60. The van der Waals surface area contributed by atoms with Gasteiger partial charge in [0.1, 0.15) is 18.0 Å². The number of anilines is 2. The van der Waals surface area contributed by atoms with E-state index >= 15 is 0 Å². The van der Waals surface area contributed by atoms with E-state index in [4.69, 9.17) is 0 Å². The molecule has 1 saturated carbocycles. The number of hydrogen-bond donors (Lipinski definition) is 1. The predicted octanol–water partition coefficient (Wildman–Crippen LogP) is 4.19. The Bertz CT molecular complexity index is 438. The summed E-state index contributed by atoms with van der Waals surface area (Å²) in [6, 6.07) is 0.644. The van der Waals surface area contributed by atoms with E-state index in [0.717, 1.165) is 24.7 Å². The van der Waals surface area contributed by atoms with Crippen LogP contribution in [0.15, 0.2) is 6.33 Å². The van der Waals surface area contributed by atoms with E-state index in [-0.39, 0.29) is 0 Å². The molecule has 0 aromatic carbocycles. The number of rotatable bonds is 6. The highest BCUT2D eigenvalue weighted by Crippen LogP contribution is 2.34. The van der Waals surface area contributed by atoms with Crippen LogP contribution in [0, 0.1) is 0 Å². The van der Waals surface area contributed by atoms with Crippen LogP contribution in [0.3, 0.4) is 0 Å². The van der Waals surface area contributed by atoms with E-state index < -0.39 is 0 Å². The smallest absolute Gasteiger partial charge is 0.137 e. The minimum atomic E-state index is 0.424. The quantitative estimate of drug-likeness (QED) is 0.853. The lowest BCUT2D eigenvalue weighted by molar-refractivity contribution is 0.415.